The van der Waals surface area contributed by atoms with E-state index in [0.29, 0.717) is 12.5 Å². The van der Waals surface area contributed by atoms with Gasteiger partial charge in [-0.15, -0.1) is 11.3 Å². The summed E-state index contributed by atoms with van der Waals surface area (Å²) in [5.41, 5.74) is 7.76. The minimum atomic E-state index is 0.312. The van der Waals surface area contributed by atoms with Crippen LogP contribution in [0.5, 0.6) is 0 Å². The summed E-state index contributed by atoms with van der Waals surface area (Å²) in [5, 5.41) is 1.84. The zero-order valence-electron chi connectivity index (χ0n) is 9.90. The normalized spacial score (nSPS) is 12.7. The summed E-state index contributed by atoms with van der Waals surface area (Å²) in [7, 11) is 0. The fourth-order valence-electron chi connectivity index (χ4n) is 1.63. The largest absolute Gasteiger partial charge is 0.330 e. The number of aryl methyl sites for hydroxylation is 1. The van der Waals surface area contributed by atoms with Gasteiger partial charge in [-0.2, -0.15) is 0 Å². The van der Waals surface area contributed by atoms with Crippen LogP contribution in [-0.4, -0.2) is 11.5 Å². The van der Waals surface area contributed by atoms with Gasteiger partial charge in [0.05, 0.1) is 10.7 Å². The molecule has 90 valence electrons. The average molecular weight is 267 g/mol. The Morgan fingerprint density at radius 1 is 1.47 bits per heavy atom. The number of thiazole rings is 1. The highest BCUT2D eigenvalue weighted by atomic mass is 35.5. The van der Waals surface area contributed by atoms with Crippen LogP contribution in [0.1, 0.15) is 22.7 Å². The highest BCUT2D eigenvalue weighted by Gasteiger charge is 2.13. The van der Waals surface area contributed by atoms with E-state index in [1.165, 1.54) is 4.88 Å². The molecule has 0 amide bonds. The summed E-state index contributed by atoms with van der Waals surface area (Å²) in [5.74, 6) is 0.312. The van der Waals surface area contributed by atoms with Crippen LogP contribution >= 0.6 is 22.9 Å². The van der Waals surface area contributed by atoms with Gasteiger partial charge in [-0.05, 0) is 19.1 Å². The highest BCUT2D eigenvalue weighted by Crippen LogP contribution is 2.31. The van der Waals surface area contributed by atoms with Crippen LogP contribution in [0.15, 0.2) is 24.3 Å². The number of nitrogens with two attached hydrogens (primary N) is 1. The summed E-state index contributed by atoms with van der Waals surface area (Å²) in [6.07, 6.45) is 0. The summed E-state index contributed by atoms with van der Waals surface area (Å²) in [6.45, 7) is 4.81. The van der Waals surface area contributed by atoms with E-state index in [2.05, 4.69) is 18.8 Å². The second-order valence-corrected chi connectivity index (χ2v) is 5.78. The van der Waals surface area contributed by atoms with E-state index in [0.717, 1.165) is 21.3 Å². The van der Waals surface area contributed by atoms with Gasteiger partial charge in [-0.1, -0.05) is 30.7 Å². The van der Waals surface area contributed by atoms with Gasteiger partial charge < -0.3 is 5.73 Å². The molecule has 1 unspecified atom stereocenters. The fourth-order valence-corrected chi connectivity index (χ4v) is 2.83. The van der Waals surface area contributed by atoms with Crippen LogP contribution in [0.25, 0.3) is 11.3 Å². The smallest absolute Gasteiger partial charge is 0.0976 e. The Morgan fingerprint density at radius 3 is 2.88 bits per heavy atom. The van der Waals surface area contributed by atoms with Crippen molar-refractivity contribution in [3.63, 3.8) is 0 Å². The fraction of sp³-hybridized carbons (Fsp3) is 0.308. The lowest BCUT2D eigenvalue weighted by atomic mass is 10.1. The van der Waals surface area contributed by atoms with Crippen molar-refractivity contribution >= 4 is 22.9 Å². The number of rotatable bonds is 3. The van der Waals surface area contributed by atoms with Gasteiger partial charge in [0.25, 0.3) is 0 Å². The summed E-state index contributed by atoms with van der Waals surface area (Å²) >= 11 is 7.71. The van der Waals surface area contributed by atoms with Crippen molar-refractivity contribution in [2.75, 3.05) is 6.54 Å². The number of benzene rings is 1. The third-order valence-corrected chi connectivity index (χ3v) is 4.12. The van der Waals surface area contributed by atoms with E-state index >= 15 is 0 Å². The molecule has 0 saturated carbocycles. The third kappa shape index (κ3) is 2.68. The summed E-state index contributed by atoms with van der Waals surface area (Å²) in [6, 6.07) is 7.80. The molecule has 0 bridgehead atoms. The molecule has 17 heavy (non-hydrogen) atoms. The molecule has 1 heterocycles. The maximum absolute atomic E-state index is 6.00. The van der Waals surface area contributed by atoms with Crippen molar-refractivity contribution in [1.82, 2.24) is 4.98 Å². The van der Waals surface area contributed by atoms with Crippen LogP contribution < -0.4 is 5.73 Å². The van der Waals surface area contributed by atoms with Crippen LogP contribution in [0.4, 0.5) is 0 Å². The topological polar surface area (TPSA) is 38.9 Å². The van der Waals surface area contributed by atoms with Crippen molar-refractivity contribution in [1.29, 1.82) is 0 Å². The molecule has 0 aliphatic rings. The lowest BCUT2D eigenvalue weighted by Gasteiger charge is -2.02. The molecule has 2 rings (SSSR count). The Kier molecular flexibility index (Phi) is 3.82. The molecular formula is C13H15ClN2S. The van der Waals surface area contributed by atoms with E-state index in [9.17, 15) is 0 Å². The van der Waals surface area contributed by atoms with Crippen LogP contribution in [0.3, 0.4) is 0 Å². The van der Waals surface area contributed by atoms with Gasteiger partial charge in [0.15, 0.2) is 0 Å². The molecule has 0 spiro atoms. The molecule has 0 aliphatic heterocycles. The van der Waals surface area contributed by atoms with Gasteiger partial charge in [-0.3, -0.25) is 0 Å². The summed E-state index contributed by atoms with van der Waals surface area (Å²) < 4.78 is 0. The molecule has 0 aliphatic carbocycles. The van der Waals surface area contributed by atoms with Crippen molar-refractivity contribution in [2.24, 2.45) is 5.73 Å². The predicted octanol–water partition coefficient (Wildman–Crippen LogP) is 3.83. The standard InChI is InChI=1S/C13H15ClN2S/c1-8(7-15)13-16-12(9(2)17-13)10-4-3-5-11(14)6-10/h3-6,8H,7,15H2,1-2H3. The molecule has 2 N–H and O–H groups in total. The molecule has 0 saturated heterocycles. The van der Waals surface area contributed by atoms with E-state index in [4.69, 9.17) is 17.3 Å². The van der Waals surface area contributed by atoms with Gasteiger partial charge in [0, 0.05) is 27.9 Å². The van der Waals surface area contributed by atoms with E-state index in [1.54, 1.807) is 11.3 Å². The highest BCUT2D eigenvalue weighted by molar-refractivity contribution is 7.12. The molecular weight excluding hydrogens is 252 g/mol. The second kappa shape index (κ2) is 5.17. The lowest BCUT2D eigenvalue weighted by molar-refractivity contribution is 0.766. The Balaban J connectivity index is 2.42. The minimum Gasteiger partial charge on any atom is -0.330 e. The Hall–Kier alpha value is -0.900. The number of hydrogen-bond acceptors (Lipinski definition) is 3. The number of aromatic nitrogens is 1. The monoisotopic (exact) mass is 266 g/mol. The molecule has 4 heteroatoms. The first-order valence-electron chi connectivity index (χ1n) is 5.55. The Bertz CT molecular complexity index is 522. The first-order chi connectivity index (χ1) is 8.11. The van der Waals surface area contributed by atoms with Gasteiger partial charge in [0.1, 0.15) is 0 Å². The minimum absolute atomic E-state index is 0.312. The molecule has 1 aromatic carbocycles. The Labute approximate surface area is 110 Å². The predicted molar refractivity (Wildman–Crippen MR) is 74.8 cm³/mol. The van der Waals surface area contributed by atoms with Gasteiger partial charge >= 0.3 is 0 Å². The molecule has 2 nitrogen and oxygen atoms in total. The molecule has 0 radical (unpaired) electrons. The zero-order valence-corrected chi connectivity index (χ0v) is 11.5. The van der Waals surface area contributed by atoms with Crippen LogP contribution in [0, 0.1) is 6.92 Å². The van der Waals surface area contributed by atoms with Crippen molar-refractivity contribution in [2.45, 2.75) is 19.8 Å². The maximum atomic E-state index is 6.00. The van der Waals surface area contributed by atoms with E-state index in [-0.39, 0.29) is 0 Å². The average Bonchev–Trinajstić information content (AvgIpc) is 2.70. The molecule has 1 aromatic heterocycles. The lowest BCUT2D eigenvalue weighted by Crippen LogP contribution is -2.08. The molecule has 0 fully saturated rings. The molecule has 1 atom stereocenters. The zero-order chi connectivity index (χ0) is 12.4. The van der Waals surface area contributed by atoms with Crippen molar-refractivity contribution in [3.05, 3.63) is 39.2 Å². The van der Waals surface area contributed by atoms with Crippen LogP contribution in [-0.2, 0) is 0 Å². The van der Waals surface area contributed by atoms with Crippen molar-refractivity contribution in [3.8, 4) is 11.3 Å². The quantitative estimate of drug-likeness (QED) is 0.917. The number of hydrogen-bond donors (Lipinski definition) is 1. The first-order valence-corrected chi connectivity index (χ1v) is 6.74. The second-order valence-electron chi connectivity index (χ2n) is 4.10. The van der Waals surface area contributed by atoms with E-state index in [1.807, 2.05) is 24.3 Å². The third-order valence-electron chi connectivity index (χ3n) is 2.69. The van der Waals surface area contributed by atoms with Gasteiger partial charge in [-0.25, -0.2) is 4.98 Å². The number of halogens is 1. The SMILES string of the molecule is Cc1sc(C(C)CN)nc1-c1cccc(Cl)c1. The van der Waals surface area contributed by atoms with Crippen LogP contribution in [0.2, 0.25) is 5.02 Å². The summed E-state index contributed by atoms with van der Waals surface area (Å²) in [4.78, 5) is 5.88. The number of nitrogens with zero attached hydrogens (tertiary/aromatic N) is 1. The van der Waals surface area contributed by atoms with Crippen molar-refractivity contribution < 1.29 is 0 Å². The molecule has 2 aromatic rings. The maximum Gasteiger partial charge on any atom is 0.0976 e. The first kappa shape index (κ1) is 12.6. The Morgan fingerprint density at radius 2 is 2.24 bits per heavy atom. The van der Waals surface area contributed by atoms with E-state index < -0.39 is 0 Å². The van der Waals surface area contributed by atoms with Gasteiger partial charge in [0.2, 0.25) is 0 Å².